The highest BCUT2D eigenvalue weighted by molar-refractivity contribution is 7.17. The van der Waals surface area contributed by atoms with Gasteiger partial charge in [0.2, 0.25) is 5.91 Å². The minimum atomic E-state index is -0.679. The summed E-state index contributed by atoms with van der Waals surface area (Å²) < 4.78 is 15.2. The van der Waals surface area contributed by atoms with Crippen LogP contribution in [0.4, 0.5) is 0 Å². The molecule has 0 bridgehead atoms. The number of carbonyl (C=O) groups excluding carboxylic acids is 3. The number of ether oxygens (including phenoxy) is 2. The average molecular weight is 998 g/mol. The van der Waals surface area contributed by atoms with Gasteiger partial charge in [0, 0.05) is 61.1 Å². The lowest BCUT2D eigenvalue weighted by Gasteiger charge is -2.29. The molecule has 4 aromatic heterocycles. The summed E-state index contributed by atoms with van der Waals surface area (Å²) >= 11 is 15.6. The molecule has 2 N–H and O–H groups in total. The van der Waals surface area contributed by atoms with E-state index in [2.05, 4.69) is 44.9 Å². The molecule has 6 heterocycles. The maximum Gasteiger partial charge on any atom is 0.308 e. The van der Waals surface area contributed by atoms with Crippen molar-refractivity contribution in [3.8, 4) is 10.0 Å². The van der Waals surface area contributed by atoms with Crippen LogP contribution in [0.3, 0.4) is 0 Å². The van der Waals surface area contributed by atoms with Crippen molar-refractivity contribution in [2.75, 3.05) is 33.4 Å². The standard InChI is InChI=1S/C49H54Cl2N10O5S2/c1-25-27(3)67-46-38(25)40(30-11-15-32(50)16-12-30)54-34(43-58-56-28(4)60(43)46)19-36(62)52-21-48(6,7)23-66-24-49(8,9)22-53-45(64)42-26(2)39-41(31-13-17-33(51)18-14-31)55-35(20-37(63)65-10)44-59-57-29(5)61(44)47(39)68-42/h11-18,34-35H,19-24H2,1-10H3,(H,52,62)(H,53,64). The Bertz CT molecular complexity index is 2980. The highest BCUT2D eigenvalue weighted by Gasteiger charge is 2.36. The van der Waals surface area contributed by atoms with E-state index >= 15 is 0 Å². The monoisotopic (exact) mass is 996 g/mol. The van der Waals surface area contributed by atoms with E-state index in [4.69, 9.17) is 42.7 Å². The summed E-state index contributed by atoms with van der Waals surface area (Å²) in [6.45, 7) is 19.4. The van der Waals surface area contributed by atoms with E-state index < -0.39 is 28.9 Å². The SMILES string of the molecule is COC(=O)CC1N=C(c2ccc(Cl)cc2)c2c(sc(C(=O)NCC(C)(C)COCC(C)(C)CNC(=O)CC3N=C(c4ccc(Cl)cc4)c4c(sc(C)c4C)-n4c(C)nnc43)c2C)-n2c(C)nnc21. The third-order valence-corrected chi connectivity index (χ3v) is 15.1. The van der Waals surface area contributed by atoms with Gasteiger partial charge in [0.05, 0.1) is 49.5 Å². The molecule has 0 fully saturated rings. The number of halogens is 2. The lowest BCUT2D eigenvalue weighted by atomic mass is 9.92. The molecule has 15 nitrogen and oxygen atoms in total. The maximum atomic E-state index is 14.1. The zero-order valence-corrected chi connectivity index (χ0v) is 42.9. The molecule has 19 heteroatoms. The second-order valence-electron chi connectivity index (χ2n) is 18.8. The van der Waals surface area contributed by atoms with Crippen LogP contribution in [0.25, 0.3) is 10.0 Å². The fraction of sp³-hybridized carbons (Fsp3) is 0.408. The van der Waals surface area contributed by atoms with Crippen LogP contribution in [0.1, 0.15) is 124 Å². The summed E-state index contributed by atoms with van der Waals surface area (Å²) in [5, 5.41) is 26.9. The first-order valence-corrected chi connectivity index (χ1v) is 24.6. The molecule has 2 atom stereocenters. The lowest BCUT2D eigenvalue weighted by Crippen LogP contribution is -2.40. The summed E-state index contributed by atoms with van der Waals surface area (Å²) in [7, 11) is 1.34. The van der Waals surface area contributed by atoms with Crippen LogP contribution >= 0.6 is 45.9 Å². The fourth-order valence-electron chi connectivity index (χ4n) is 8.30. The van der Waals surface area contributed by atoms with Crippen LogP contribution < -0.4 is 10.6 Å². The van der Waals surface area contributed by atoms with E-state index in [1.165, 1.54) is 23.3 Å². The molecule has 2 unspecified atom stereocenters. The Labute approximate surface area is 413 Å². The topological polar surface area (TPSA) is 180 Å². The molecule has 68 heavy (non-hydrogen) atoms. The summed E-state index contributed by atoms with van der Waals surface area (Å²) in [5.41, 5.74) is 5.83. The normalized spacial score (nSPS) is 15.5. The van der Waals surface area contributed by atoms with Crippen LogP contribution in [-0.4, -0.2) is 92.1 Å². The van der Waals surface area contributed by atoms with E-state index in [1.54, 1.807) is 23.5 Å². The molecule has 0 saturated heterocycles. The summed E-state index contributed by atoms with van der Waals surface area (Å²) in [6, 6.07) is 13.7. The van der Waals surface area contributed by atoms with Gasteiger partial charge in [0.25, 0.3) is 5.91 Å². The van der Waals surface area contributed by atoms with Gasteiger partial charge in [0.15, 0.2) is 11.6 Å². The van der Waals surface area contributed by atoms with E-state index in [1.807, 2.05) is 94.0 Å². The molecule has 356 valence electrons. The minimum Gasteiger partial charge on any atom is -0.469 e. The Kier molecular flexibility index (Phi) is 14.0. The molecule has 8 rings (SSSR count). The predicted molar refractivity (Wildman–Crippen MR) is 267 cm³/mol. The fourth-order valence-corrected chi connectivity index (χ4v) is 11.1. The first-order chi connectivity index (χ1) is 32.3. The van der Waals surface area contributed by atoms with Crippen molar-refractivity contribution >= 4 is 75.1 Å². The number of carbonyl (C=O) groups is 3. The molecule has 0 saturated carbocycles. The molecule has 0 radical (unpaired) electrons. The molecule has 2 aromatic carbocycles. The van der Waals surface area contributed by atoms with Gasteiger partial charge in [0.1, 0.15) is 33.7 Å². The van der Waals surface area contributed by atoms with Crippen LogP contribution in [0.5, 0.6) is 0 Å². The first kappa shape index (κ1) is 48.9. The van der Waals surface area contributed by atoms with Gasteiger partial charge < -0.3 is 20.1 Å². The Morgan fingerprint density at radius 1 is 0.662 bits per heavy atom. The van der Waals surface area contributed by atoms with E-state index in [9.17, 15) is 14.4 Å². The number of methoxy groups -OCH3 is 1. The van der Waals surface area contributed by atoms with Gasteiger partial charge in [-0.05, 0) is 70.0 Å². The van der Waals surface area contributed by atoms with E-state index in [-0.39, 0.29) is 24.7 Å². The average Bonchev–Trinajstić information content (AvgIpc) is 4.00. The minimum absolute atomic E-state index is 0.0405. The summed E-state index contributed by atoms with van der Waals surface area (Å²) in [5.74, 6) is 1.58. The van der Waals surface area contributed by atoms with Gasteiger partial charge in [-0.1, -0.05) is 75.2 Å². The van der Waals surface area contributed by atoms with Crippen LogP contribution in [0, 0.1) is 45.4 Å². The third kappa shape index (κ3) is 9.95. The Balaban J connectivity index is 0.915. The largest absolute Gasteiger partial charge is 0.469 e. The smallest absolute Gasteiger partial charge is 0.308 e. The number of amides is 2. The van der Waals surface area contributed by atoms with E-state index in [0.29, 0.717) is 64.4 Å². The third-order valence-electron chi connectivity index (χ3n) is 12.1. The number of aryl methyl sites for hydroxylation is 3. The Morgan fingerprint density at radius 2 is 1.13 bits per heavy atom. The number of aliphatic imine (C=N–C) groups is 2. The van der Waals surface area contributed by atoms with E-state index in [0.717, 1.165) is 54.9 Å². The second-order valence-corrected chi connectivity index (χ2v) is 21.9. The van der Waals surface area contributed by atoms with Gasteiger partial charge >= 0.3 is 5.97 Å². The molecule has 2 amide bonds. The number of thiophene rings is 2. The van der Waals surface area contributed by atoms with Crippen molar-refractivity contribution in [2.45, 2.75) is 87.2 Å². The van der Waals surface area contributed by atoms with Crippen molar-refractivity contribution in [3.63, 3.8) is 0 Å². The number of esters is 1. The molecular weight excluding hydrogens is 944 g/mol. The van der Waals surface area contributed by atoms with Gasteiger partial charge in [-0.15, -0.1) is 43.1 Å². The predicted octanol–water partition coefficient (Wildman–Crippen LogP) is 9.17. The van der Waals surface area contributed by atoms with Crippen molar-refractivity contribution in [2.24, 2.45) is 20.8 Å². The highest BCUT2D eigenvalue weighted by Crippen LogP contribution is 2.42. The quantitative estimate of drug-likeness (QED) is 0.0949. The summed E-state index contributed by atoms with van der Waals surface area (Å²) in [4.78, 5) is 52.5. The van der Waals surface area contributed by atoms with Gasteiger partial charge in [-0.3, -0.25) is 33.5 Å². The number of benzene rings is 2. The van der Waals surface area contributed by atoms with Crippen molar-refractivity contribution < 1.29 is 23.9 Å². The number of hydrogen-bond donors (Lipinski definition) is 2. The number of nitrogens with zero attached hydrogens (tertiary/aromatic N) is 8. The number of nitrogens with one attached hydrogen (secondary N) is 2. The number of fused-ring (bicyclic) bond motifs is 6. The zero-order chi connectivity index (χ0) is 48.8. The number of rotatable bonds is 15. The molecule has 2 aliphatic heterocycles. The number of hydrogen-bond acceptors (Lipinski definition) is 13. The van der Waals surface area contributed by atoms with Crippen molar-refractivity contribution in [1.82, 2.24) is 40.2 Å². The maximum absolute atomic E-state index is 14.1. The number of aromatic nitrogens is 6. The Hall–Kier alpha value is -5.59. The van der Waals surface area contributed by atoms with Gasteiger partial charge in [-0.25, -0.2) is 0 Å². The molecule has 2 aliphatic rings. The zero-order valence-electron chi connectivity index (χ0n) is 39.7. The molecular formula is C49H54Cl2N10O5S2. The second kappa shape index (κ2) is 19.4. The lowest BCUT2D eigenvalue weighted by molar-refractivity contribution is -0.141. The molecule has 0 aliphatic carbocycles. The van der Waals surface area contributed by atoms with Gasteiger partial charge in [-0.2, -0.15) is 0 Å². The van der Waals surface area contributed by atoms with Crippen molar-refractivity contribution in [3.05, 3.63) is 125 Å². The first-order valence-electron chi connectivity index (χ1n) is 22.2. The summed E-state index contributed by atoms with van der Waals surface area (Å²) in [6.07, 6.45) is 0.0326. The Morgan fingerprint density at radius 3 is 1.65 bits per heavy atom. The highest BCUT2D eigenvalue weighted by atomic mass is 35.5. The van der Waals surface area contributed by atoms with Crippen LogP contribution in [0.15, 0.2) is 58.5 Å². The van der Waals surface area contributed by atoms with Crippen LogP contribution in [0.2, 0.25) is 10.0 Å². The van der Waals surface area contributed by atoms with Crippen LogP contribution in [-0.2, 0) is 19.1 Å². The molecule has 6 aromatic rings. The van der Waals surface area contributed by atoms with Crippen molar-refractivity contribution in [1.29, 1.82) is 0 Å². The molecule has 0 spiro atoms.